The summed E-state index contributed by atoms with van der Waals surface area (Å²) in [6.07, 6.45) is 3.74. The average Bonchev–Trinajstić information content (AvgIpc) is 3.11. The van der Waals surface area contributed by atoms with Gasteiger partial charge in [0.2, 0.25) is 5.16 Å². The first kappa shape index (κ1) is 12.9. The third-order valence-corrected chi connectivity index (χ3v) is 3.73. The number of benzene rings is 1. The molecule has 2 aromatic heterocycles. The van der Waals surface area contributed by atoms with Crippen molar-refractivity contribution < 1.29 is 0 Å². The molecule has 0 aliphatic carbocycles. The summed E-state index contributed by atoms with van der Waals surface area (Å²) in [6, 6.07) is 10.2. The fourth-order valence-corrected chi connectivity index (χ4v) is 2.54. The largest absolute Gasteiger partial charge is 0.272 e. The van der Waals surface area contributed by atoms with E-state index in [0.29, 0.717) is 0 Å². The molecule has 5 nitrogen and oxygen atoms in total. The van der Waals surface area contributed by atoms with Gasteiger partial charge in [-0.25, -0.2) is 4.98 Å². The van der Waals surface area contributed by atoms with Gasteiger partial charge in [0.1, 0.15) is 0 Å². The van der Waals surface area contributed by atoms with Crippen LogP contribution in [0.2, 0.25) is 0 Å². The quantitative estimate of drug-likeness (QED) is 0.732. The lowest BCUT2D eigenvalue weighted by Gasteiger charge is -1.98. The topological polar surface area (TPSA) is 59.4 Å². The smallest absolute Gasteiger partial charge is 0.208 e. The maximum absolute atomic E-state index is 4.50. The Morgan fingerprint density at radius 2 is 2.10 bits per heavy atom. The van der Waals surface area contributed by atoms with E-state index in [2.05, 4.69) is 39.3 Å². The number of aromatic nitrogens is 5. The van der Waals surface area contributed by atoms with Crippen LogP contribution in [-0.2, 0) is 6.54 Å². The van der Waals surface area contributed by atoms with E-state index in [1.54, 1.807) is 18.0 Å². The van der Waals surface area contributed by atoms with E-state index in [4.69, 9.17) is 0 Å². The number of aryl methyl sites for hydroxylation is 2. The molecule has 0 atom stereocenters. The van der Waals surface area contributed by atoms with Crippen LogP contribution in [0.5, 0.6) is 0 Å². The van der Waals surface area contributed by atoms with Crippen LogP contribution in [0.4, 0.5) is 0 Å². The van der Waals surface area contributed by atoms with Gasteiger partial charge in [0, 0.05) is 23.7 Å². The maximum Gasteiger partial charge on any atom is 0.208 e. The number of thioether (sulfide) groups is 1. The first-order valence-corrected chi connectivity index (χ1v) is 7.39. The Labute approximate surface area is 121 Å². The third-order valence-electron chi connectivity index (χ3n) is 2.90. The Hall–Kier alpha value is -2.08. The Bertz CT molecular complexity index is 657. The van der Waals surface area contributed by atoms with E-state index < -0.39 is 0 Å². The van der Waals surface area contributed by atoms with E-state index >= 15 is 0 Å². The number of nitrogens with zero attached hydrogens (tertiary/aromatic N) is 4. The van der Waals surface area contributed by atoms with E-state index in [1.165, 1.54) is 5.56 Å². The molecule has 102 valence electrons. The van der Waals surface area contributed by atoms with Crippen LogP contribution < -0.4 is 0 Å². The van der Waals surface area contributed by atoms with Gasteiger partial charge in [0.15, 0.2) is 5.82 Å². The second kappa shape index (κ2) is 5.92. The van der Waals surface area contributed by atoms with Gasteiger partial charge in [-0.05, 0) is 13.0 Å². The van der Waals surface area contributed by atoms with Crippen molar-refractivity contribution in [1.29, 1.82) is 0 Å². The molecule has 2 heterocycles. The molecule has 0 radical (unpaired) electrons. The Balaban J connectivity index is 1.60. The molecular formula is C14H15N5S. The second-order valence-corrected chi connectivity index (χ2v) is 5.51. The highest BCUT2D eigenvalue weighted by atomic mass is 32.2. The zero-order valence-electron chi connectivity index (χ0n) is 11.2. The van der Waals surface area contributed by atoms with Crippen molar-refractivity contribution in [1.82, 2.24) is 25.0 Å². The van der Waals surface area contributed by atoms with Gasteiger partial charge in [-0.15, -0.1) is 5.10 Å². The van der Waals surface area contributed by atoms with Crippen molar-refractivity contribution in [3.63, 3.8) is 0 Å². The van der Waals surface area contributed by atoms with E-state index in [9.17, 15) is 0 Å². The highest BCUT2D eigenvalue weighted by Gasteiger charge is 2.05. The van der Waals surface area contributed by atoms with Crippen LogP contribution in [0.25, 0.3) is 11.4 Å². The second-order valence-electron chi connectivity index (χ2n) is 4.45. The van der Waals surface area contributed by atoms with Crippen molar-refractivity contribution in [3.8, 4) is 11.4 Å². The fourth-order valence-electron chi connectivity index (χ4n) is 1.81. The van der Waals surface area contributed by atoms with Gasteiger partial charge in [-0.1, -0.05) is 41.6 Å². The predicted molar refractivity (Wildman–Crippen MR) is 79.5 cm³/mol. The summed E-state index contributed by atoms with van der Waals surface area (Å²) in [5.74, 6) is 1.71. The van der Waals surface area contributed by atoms with Gasteiger partial charge in [0.05, 0.1) is 6.54 Å². The van der Waals surface area contributed by atoms with E-state index in [-0.39, 0.29) is 0 Å². The predicted octanol–water partition coefficient (Wildman–Crippen LogP) is 2.77. The molecule has 0 amide bonds. The minimum absolute atomic E-state index is 0.771. The molecule has 0 unspecified atom stereocenters. The standard InChI is InChI=1S/C14H15N5S/c1-11-3-5-12(6-4-11)13-16-14(18-17-13)20-10-9-19-8-2-7-15-19/h2-8H,9-10H2,1H3,(H,16,17,18). The van der Waals surface area contributed by atoms with Gasteiger partial charge in [0.25, 0.3) is 0 Å². The highest BCUT2D eigenvalue weighted by Crippen LogP contribution is 2.19. The lowest BCUT2D eigenvalue weighted by atomic mass is 10.1. The van der Waals surface area contributed by atoms with Gasteiger partial charge in [-0.3, -0.25) is 9.78 Å². The van der Waals surface area contributed by atoms with Crippen molar-refractivity contribution in [2.24, 2.45) is 0 Å². The number of rotatable bonds is 5. The molecule has 6 heteroatoms. The summed E-state index contributed by atoms with van der Waals surface area (Å²) in [6.45, 7) is 2.92. The molecule has 3 aromatic rings. The molecule has 0 aliphatic heterocycles. The molecule has 0 fully saturated rings. The number of nitrogens with one attached hydrogen (secondary N) is 1. The number of hydrogen-bond acceptors (Lipinski definition) is 4. The van der Waals surface area contributed by atoms with Gasteiger partial charge in [-0.2, -0.15) is 5.10 Å². The minimum Gasteiger partial charge on any atom is -0.272 e. The molecule has 3 rings (SSSR count). The Morgan fingerprint density at radius 3 is 2.85 bits per heavy atom. The monoisotopic (exact) mass is 285 g/mol. The summed E-state index contributed by atoms with van der Waals surface area (Å²) in [5.41, 5.74) is 2.30. The van der Waals surface area contributed by atoms with E-state index in [1.807, 2.05) is 29.1 Å². The number of hydrogen-bond donors (Lipinski definition) is 1. The lowest BCUT2D eigenvalue weighted by molar-refractivity contribution is 0.666. The SMILES string of the molecule is Cc1ccc(-c2nc(SCCn3cccn3)n[nH]2)cc1. The lowest BCUT2D eigenvalue weighted by Crippen LogP contribution is -2.00. The van der Waals surface area contributed by atoms with Crippen LogP contribution >= 0.6 is 11.8 Å². The third kappa shape index (κ3) is 3.08. The molecular weight excluding hydrogens is 270 g/mol. The number of H-pyrrole nitrogens is 1. The van der Waals surface area contributed by atoms with Crippen LogP contribution in [-0.4, -0.2) is 30.7 Å². The van der Waals surface area contributed by atoms with Gasteiger partial charge < -0.3 is 0 Å². The zero-order chi connectivity index (χ0) is 13.8. The highest BCUT2D eigenvalue weighted by molar-refractivity contribution is 7.99. The molecule has 0 saturated carbocycles. The summed E-state index contributed by atoms with van der Waals surface area (Å²) in [5, 5.41) is 12.1. The zero-order valence-corrected chi connectivity index (χ0v) is 12.0. The summed E-state index contributed by atoms with van der Waals surface area (Å²) in [7, 11) is 0. The number of aromatic amines is 1. The van der Waals surface area contributed by atoms with Gasteiger partial charge >= 0.3 is 0 Å². The molecule has 0 aliphatic rings. The summed E-state index contributed by atoms with van der Waals surface area (Å²) < 4.78 is 1.90. The van der Waals surface area contributed by atoms with Crippen molar-refractivity contribution in [3.05, 3.63) is 48.3 Å². The van der Waals surface area contributed by atoms with Crippen LogP contribution in [0.1, 0.15) is 5.56 Å². The first-order chi connectivity index (χ1) is 9.81. The Morgan fingerprint density at radius 1 is 1.25 bits per heavy atom. The van der Waals surface area contributed by atoms with Crippen molar-refractivity contribution in [2.75, 3.05) is 5.75 Å². The molecule has 1 aromatic carbocycles. The molecule has 0 saturated heterocycles. The fraction of sp³-hybridized carbons (Fsp3) is 0.214. The van der Waals surface area contributed by atoms with Crippen molar-refractivity contribution >= 4 is 11.8 Å². The molecule has 20 heavy (non-hydrogen) atoms. The minimum atomic E-state index is 0.771. The average molecular weight is 285 g/mol. The maximum atomic E-state index is 4.50. The van der Waals surface area contributed by atoms with E-state index in [0.717, 1.165) is 28.8 Å². The van der Waals surface area contributed by atoms with Crippen LogP contribution in [0.15, 0.2) is 47.9 Å². The van der Waals surface area contributed by atoms with Crippen LogP contribution in [0.3, 0.4) is 0 Å². The molecule has 0 bridgehead atoms. The summed E-state index contributed by atoms with van der Waals surface area (Å²) in [4.78, 5) is 4.50. The first-order valence-electron chi connectivity index (χ1n) is 6.41. The Kier molecular flexibility index (Phi) is 3.83. The summed E-state index contributed by atoms with van der Waals surface area (Å²) >= 11 is 1.62. The molecule has 0 spiro atoms. The normalized spacial score (nSPS) is 10.8. The van der Waals surface area contributed by atoms with Crippen LogP contribution in [0, 0.1) is 6.92 Å². The molecule has 1 N–H and O–H groups in total. The van der Waals surface area contributed by atoms with Crippen molar-refractivity contribution in [2.45, 2.75) is 18.6 Å².